The van der Waals surface area contributed by atoms with Crippen molar-refractivity contribution < 1.29 is 9.90 Å². The van der Waals surface area contributed by atoms with Crippen LogP contribution in [0.3, 0.4) is 0 Å². The van der Waals surface area contributed by atoms with E-state index >= 15 is 0 Å². The molecule has 0 bridgehead atoms. The summed E-state index contributed by atoms with van der Waals surface area (Å²) >= 11 is 0. The van der Waals surface area contributed by atoms with Gasteiger partial charge >= 0.3 is 0 Å². The minimum Gasteiger partial charge on any atom is -0.380 e. The molecule has 1 heterocycles. The van der Waals surface area contributed by atoms with Crippen LogP contribution in [0.15, 0.2) is 0 Å². The normalized spacial score (nSPS) is 29.1. The second kappa shape index (κ2) is 6.23. The third-order valence-corrected chi connectivity index (χ3v) is 4.72. The Hall–Kier alpha value is -0.610. The number of aliphatic hydroxyl groups is 1. The first-order valence-electron chi connectivity index (χ1n) is 7.76. The fraction of sp³-hybridized carbons (Fsp3) is 0.933. The van der Waals surface area contributed by atoms with Crippen LogP contribution >= 0.6 is 0 Å². The summed E-state index contributed by atoms with van der Waals surface area (Å²) in [5, 5.41) is 13.1. The minimum atomic E-state index is -1.09. The Bertz CT molecular complexity index is 313. The maximum Gasteiger partial charge on any atom is 0.252 e. The van der Waals surface area contributed by atoms with E-state index in [1.807, 2.05) is 0 Å². The van der Waals surface area contributed by atoms with E-state index < -0.39 is 5.60 Å². The van der Waals surface area contributed by atoms with E-state index in [-0.39, 0.29) is 5.91 Å². The van der Waals surface area contributed by atoms with Gasteiger partial charge in [-0.15, -0.1) is 0 Å². The third-order valence-electron chi connectivity index (χ3n) is 4.72. The van der Waals surface area contributed by atoms with Gasteiger partial charge in [0.2, 0.25) is 0 Å². The fourth-order valence-corrected chi connectivity index (χ4v) is 3.35. The quantitative estimate of drug-likeness (QED) is 0.813. The highest BCUT2D eigenvalue weighted by atomic mass is 16.3. The van der Waals surface area contributed by atoms with Crippen LogP contribution in [0.5, 0.6) is 0 Å². The molecule has 2 rings (SSSR count). The van der Waals surface area contributed by atoms with Gasteiger partial charge in [0, 0.05) is 19.1 Å². The number of piperidine rings is 1. The average Bonchev–Trinajstić information content (AvgIpc) is 2.84. The lowest BCUT2D eigenvalue weighted by Crippen LogP contribution is -2.51. The smallest absolute Gasteiger partial charge is 0.252 e. The van der Waals surface area contributed by atoms with Gasteiger partial charge in [-0.3, -0.25) is 9.69 Å². The van der Waals surface area contributed by atoms with Crippen molar-refractivity contribution in [1.29, 1.82) is 0 Å². The Morgan fingerprint density at radius 3 is 2.74 bits per heavy atom. The van der Waals surface area contributed by atoms with E-state index in [2.05, 4.69) is 24.1 Å². The number of hydrogen-bond acceptors (Lipinski definition) is 3. The first kappa shape index (κ1) is 14.8. The van der Waals surface area contributed by atoms with E-state index in [0.29, 0.717) is 25.4 Å². The number of hydrogen-bond donors (Lipinski definition) is 2. The lowest BCUT2D eigenvalue weighted by atomic mass is 9.98. The zero-order chi connectivity index (χ0) is 13.9. The summed E-state index contributed by atoms with van der Waals surface area (Å²) in [6, 6.07) is 0.358. The predicted molar refractivity (Wildman–Crippen MR) is 75.9 cm³/mol. The van der Waals surface area contributed by atoms with Crippen LogP contribution < -0.4 is 5.32 Å². The molecule has 1 amide bonds. The lowest BCUT2D eigenvalue weighted by Gasteiger charge is -2.36. The van der Waals surface area contributed by atoms with E-state index in [1.54, 1.807) is 0 Å². The molecule has 1 saturated heterocycles. The molecule has 2 N–H and O–H groups in total. The van der Waals surface area contributed by atoms with Crippen LogP contribution in [0.4, 0.5) is 0 Å². The Kier molecular flexibility index (Phi) is 4.85. The molecule has 2 atom stereocenters. The van der Waals surface area contributed by atoms with Crippen molar-refractivity contribution in [2.45, 2.75) is 64.0 Å². The second-order valence-electron chi connectivity index (χ2n) is 6.54. The molecule has 4 nitrogen and oxygen atoms in total. The van der Waals surface area contributed by atoms with Crippen LogP contribution in [0.2, 0.25) is 0 Å². The molecule has 2 aliphatic rings. The van der Waals surface area contributed by atoms with Gasteiger partial charge in [0.05, 0.1) is 0 Å². The Labute approximate surface area is 116 Å². The molecule has 0 aromatic rings. The number of amides is 1. The maximum atomic E-state index is 12.0. The van der Waals surface area contributed by atoms with Gasteiger partial charge in [0.15, 0.2) is 0 Å². The standard InChI is InChI=1S/C15H28N2O2/c1-12-6-5-9-17(11-12)13(2)10-16-14(18)15(19)7-3-4-8-15/h12-13,19H,3-11H2,1-2H3,(H,16,18). The van der Waals surface area contributed by atoms with Crippen LogP contribution in [0.1, 0.15) is 52.4 Å². The van der Waals surface area contributed by atoms with Crippen LogP contribution in [-0.4, -0.2) is 47.2 Å². The molecule has 0 aromatic carbocycles. The summed E-state index contributed by atoms with van der Waals surface area (Å²) in [5.74, 6) is 0.591. The van der Waals surface area contributed by atoms with Gasteiger partial charge < -0.3 is 10.4 Å². The highest BCUT2D eigenvalue weighted by molar-refractivity contribution is 5.85. The Morgan fingerprint density at radius 1 is 1.42 bits per heavy atom. The molecular weight excluding hydrogens is 240 g/mol. The first-order valence-corrected chi connectivity index (χ1v) is 7.76. The molecule has 0 aromatic heterocycles. The van der Waals surface area contributed by atoms with Crippen molar-refractivity contribution in [3.63, 3.8) is 0 Å². The largest absolute Gasteiger partial charge is 0.380 e. The van der Waals surface area contributed by atoms with Gasteiger partial charge in [0.25, 0.3) is 5.91 Å². The van der Waals surface area contributed by atoms with Gasteiger partial charge in [-0.25, -0.2) is 0 Å². The number of carbonyl (C=O) groups is 1. The Balaban J connectivity index is 1.76. The third kappa shape index (κ3) is 3.69. The van der Waals surface area contributed by atoms with Crippen molar-refractivity contribution in [3.05, 3.63) is 0 Å². The average molecular weight is 268 g/mol. The molecular formula is C15H28N2O2. The lowest BCUT2D eigenvalue weighted by molar-refractivity contribution is -0.139. The molecule has 1 aliphatic carbocycles. The molecule has 1 aliphatic heterocycles. The second-order valence-corrected chi connectivity index (χ2v) is 6.54. The number of nitrogens with zero attached hydrogens (tertiary/aromatic N) is 1. The predicted octanol–water partition coefficient (Wildman–Crippen LogP) is 1.53. The topological polar surface area (TPSA) is 52.6 Å². The summed E-state index contributed by atoms with van der Waals surface area (Å²) < 4.78 is 0. The summed E-state index contributed by atoms with van der Waals surface area (Å²) in [7, 11) is 0. The minimum absolute atomic E-state index is 0.165. The highest BCUT2D eigenvalue weighted by Crippen LogP contribution is 2.29. The van der Waals surface area contributed by atoms with Crippen LogP contribution in [-0.2, 0) is 4.79 Å². The van der Waals surface area contributed by atoms with E-state index in [1.165, 1.54) is 12.8 Å². The number of likely N-dealkylation sites (tertiary alicyclic amines) is 1. The van der Waals surface area contributed by atoms with Crippen molar-refractivity contribution in [2.75, 3.05) is 19.6 Å². The summed E-state index contributed by atoms with van der Waals surface area (Å²) in [6.07, 6.45) is 5.73. The highest BCUT2D eigenvalue weighted by Gasteiger charge is 2.38. The number of carbonyl (C=O) groups excluding carboxylic acids is 1. The maximum absolute atomic E-state index is 12.0. The fourth-order valence-electron chi connectivity index (χ4n) is 3.35. The molecule has 4 heteroatoms. The van der Waals surface area contributed by atoms with E-state index in [4.69, 9.17) is 0 Å². The summed E-state index contributed by atoms with van der Waals surface area (Å²) in [4.78, 5) is 14.5. The summed E-state index contributed by atoms with van der Waals surface area (Å²) in [5.41, 5.74) is -1.09. The zero-order valence-electron chi connectivity index (χ0n) is 12.3. The monoisotopic (exact) mass is 268 g/mol. The summed E-state index contributed by atoms with van der Waals surface area (Å²) in [6.45, 7) is 7.36. The molecule has 2 fully saturated rings. The molecule has 19 heavy (non-hydrogen) atoms. The molecule has 2 unspecified atom stereocenters. The van der Waals surface area contributed by atoms with Crippen molar-refractivity contribution in [1.82, 2.24) is 10.2 Å². The molecule has 110 valence electrons. The number of nitrogens with one attached hydrogen (secondary N) is 1. The zero-order valence-corrected chi connectivity index (χ0v) is 12.3. The van der Waals surface area contributed by atoms with Gasteiger partial charge in [-0.1, -0.05) is 6.92 Å². The molecule has 1 saturated carbocycles. The van der Waals surface area contributed by atoms with Crippen molar-refractivity contribution in [2.24, 2.45) is 5.92 Å². The molecule has 0 radical (unpaired) electrons. The van der Waals surface area contributed by atoms with Crippen molar-refractivity contribution in [3.8, 4) is 0 Å². The number of rotatable bonds is 4. The van der Waals surface area contributed by atoms with Crippen LogP contribution in [0, 0.1) is 5.92 Å². The van der Waals surface area contributed by atoms with E-state index in [0.717, 1.165) is 31.8 Å². The van der Waals surface area contributed by atoms with Gasteiger partial charge in [0.1, 0.15) is 5.60 Å². The van der Waals surface area contributed by atoms with Gasteiger partial charge in [-0.2, -0.15) is 0 Å². The van der Waals surface area contributed by atoms with Crippen molar-refractivity contribution >= 4 is 5.91 Å². The first-order chi connectivity index (χ1) is 9.01. The van der Waals surface area contributed by atoms with E-state index in [9.17, 15) is 9.90 Å². The van der Waals surface area contributed by atoms with Gasteiger partial charge in [-0.05, 0) is 57.9 Å². The van der Waals surface area contributed by atoms with Crippen LogP contribution in [0.25, 0.3) is 0 Å². The SMILES string of the molecule is CC1CCCN(C(C)CNC(=O)C2(O)CCCC2)C1. The Morgan fingerprint density at radius 2 is 2.11 bits per heavy atom. The molecule has 0 spiro atoms.